The number of nitrogens with two attached hydrogens (primary N) is 1. The number of carbonyl (C=O) groups excluding carboxylic acids is 3. The molecule has 0 aliphatic rings. The van der Waals surface area contributed by atoms with Crippen molar-refractivity contribution in [3.05, 3.63) is 83.9 Å². The Morgan fingerprint density at radius 2 is 1.55 bits per heavy atom. The summed E-state index contributed by atoms with van der Waals surface area (Å²) in [6.45, 7) is 3.76. The average Bonchev–Trinajstić information content (AvgIpc) is 2.73. The molecule has 29 heavy (non-hydrogen) atoms. The molecule has 3 N–H and O–H groups in total. The van der Waals surface area contributed by atoms with Gasteiger partial charge in [-0.25, -0.2) is 4.79 Å². The van der Waals surface area contributed by atoms with Crippen LogP contribution in [0.3, 0.4) is 0 Å². The summed E-state index contributed by atoms with van der Waals surface area (Å²) in [4.78, 5) is 36.7. The maximum atomic E-state index is 13.3. The smallest absolute Gasteiger partial charge is 0.330 e. The number of carbonyl (C=O) groups is 3. The zero-order chi connectivity index (χ0) is 21.3. The minimum absolute atomic E-state index is 0.0829. The van der Waals surface area contributed by atoms with Crippen LogP contribution in [0.15, 0.2) is 72.8 Å². The summed E-state index contributed by atoms with van der Waals surface area (Å²) in [5, 5.41) is 2.74. The lowest BCUT2D eigenvalue weighted by Crippen LogP contribution is -2.51. The van der Waals surface area contributed by atoms with Crippen LogP contribution in [-0.4, -0.2) is 30.4 Å². The molecule has 0 heterocycles. The van der Waals surface area contributed by atoms with E-state index in [0.29, 0.717) is 0 Å². The van der Waals surface area contributed by atoms with Crippen LogP contribution < -0.4 is 11.1 Å². The number of esters is 1. The van der Waals surface area contributed by atoms with Crippen molar-refractivity contribution in [2.24, 2.45) is 5.73 Å². The van der Waals surface area contributed by atoms with E-state index in [-0.39, 0.29) is 18.9 Å². The van der Waals surface area contributed by atoms with Crippen LogP contribution in [0.2, 0.25) is 0 Å². The van der Waals surface area contributed by atoms with E-state index in [9.17, 15) is 14.4 Å². The zero-order valence-corrected chi connectivity index (χ0v) is 16.6. The molecule has 2 rings (SSSR count). The largest absolute Gasteiger partial charge is 0.463 e. The summed E-state index contributed by atoms with van der Waals surface area (Å²) in [5.41, 5.74) is 6.02. The van der Waals surface area contributed by atoms with Crippen molar-refractivity contribution in [1.29, 1.82) is 0 Å². The van der Waals surface area contributed by atoms with Crippen molar-refractivity contribution >= 4 is 17.8 Å². The zero-order valence-electron chi connectivity index (χ0n) is 16.6. The van der Waals surface area contributed by atoms with Crippen LogP contribution in [0.4, 0.5) is 0 Å². The van der Waals surface area contributed by atoms with Gasteiger partial charge in [0, 0.05) is 6.08 Å². The molecule has 0 fully saturated rings. The molecule has 0 aliphatic carbocycles. The van der Waals surface area contributed by atoms with Gasteiger partial charge in [-0.2, -0.15) is 0 Å². The van der Waals surface area contributed by atoms with Crippen LogP contribution in [0.5, 0.6) is 0 Å². The molecule has 0 saturated heterocycles. The summed E-state index contributed by atoms with van der Waals surface area (Å²) < 4.78 is 4.81. The van der Waals surface area contributed by atoms with Gasteiger partial charge in [-0.1, -0.05) is 66.7 Å². The molecule has 2 amide bonds. The molecule has 0 radical (unpaired) electrons. The number of primary amides is 1. The maximum absolute atomic E-state index is 13.3. The standard InChI is InChI=1S/C23H26N2O4/c1-3-29-20(26)16-10-15-19(21(24)27)25-22(28)23(2,17-11-6-4-7-12-17)18-13-8-5-9-14-18/h4-14,16,19H,3,15H2,1-2H3,(H2,24,27)(H,25,28)/b16-10+/t19-/m0/s1. The van der Waals surface area contributed by atoms with Crippen molar-refractivity contribution in [3.63, 3.8) is 0 Å². The molecular weight excluding hydrogens is 368 g/mol. The Hall–Kier alpha value is -3.41. The second-order valence-electron chi connectivity index (χ2n) is 6.68. The Bertz CT molecular complexity index is 823. The van der Waals surface area contributed by atoms with Crippen molar-refractivity contribution < 1.29 is 19.1 Å². The molecule has 1 atom stereocenters. The lowest BCUT2D eigenvalue weighted by molar-refractivity contribution is -0.137. The highest BCUT2D eigenvalue weighted by Crippen LogP contribution is 2.32. The van der Waals surface area contributed by atoms with E-state index in [1.165, 1.54) is 12.2 Å². The van der Waals surface area contributed by atoms with Gasteiger partial charge >= 0.3 is 5.97 Å². The van der Waals surface area contributed by atoms with E-state index in [2.05, 4.69) is 5.32 Å². The Labute approximate surface area is 170 Å². The molecular formula is C23H26N2O4. The van der Waals surface area contributed by atoms with Crippen LogP contribution in [0.25, 0.3) is 0 Å². The molecule has 6 heteroatoms. The van der Waals surface area contributed by atoms with Crippen LogP contribution >= 0.6 is 0 Å². The normalized spacial score (nSPS) is 12.3. The molecule has 0 aromatic heterocycles. The Morgan fingerprint density at radius 1 is 1.03 bits per heavy atom. The van der Waals surface area contributed by atoms with Gasteiger partial charge in [0.25, 0.3) is 0 Å². The number of amides is 2. The van der Waals surface area contributed by atoms with Gasteiger partial charge in [0.05, 0.1) is 12.0 Å². The quantitative estimate of drug-likeness (QED) is 0.504. The molecule has 0 aliphatic heterocycles. The molecule has 2 aromatic carbocycles. The minimum atomic E-state index is -1.03. The SMILES string of the molecule is CCOC(=O)/C=C/C[C@H](NC(=O)C(C)(c1ccccc1)c1ccccc1)C(N)=O. The third-order valence-corrected chi connectivity index (χ3v) is 4.72. The molecule has 0 bridgehead atoms. The van der Waals surface area contributed by atoms with Gasteiger partial charge in [-0.15, -0.1) is 0 Å². The third kappa shape index (κ3) is 5.54. The molecule has 152 valence electrons. The first-order valence-electron chi connectivity index (χ1n) is 9.44. The highest BCUT2D eigenvalue weighted by molar-refractivity contribution is 5.95. The van der Waals surface area contributed by atoms with E-state index in [4.69, 9.17) is 10.5 Å². The van der Waals surface area contributed by atoms with Crippen LogP contribution in [-0.2, 0) is 24.5 Å². The van der Waals surface area contributed by atoms with Gasteiger partial charge in [0.1, 0.15) is 6.04 Å². The van der Waals surface area contributed by atoms with Gasteiger partial charge in [0.2, 0.25) is 11.8 Å². The van der Waals surface area contributed by atoms with E-state index in [0.717, 1.165) is 11.1 Å². The second kappa shape index (κ2) is 10.2. The topological polar surface area (TPSA) is 98.5 Å². The van der Waals surface area contributed by atoms with E-state index >= 15 is 0 Å². The summed E-state index contributed by atoms with van der Waals surface area (Å²) in [6, 6.07) is 17.7. The van der Waals surface area contributed by atoms with E-state index in [1.807, 2.05) is 60.7 Å². The molecule has 0 saturated carbocycles. The number of nitrogens with one attached hydrogen (secondary N) is 1. The van der Waals surface area contributed by atoms with Gasteiger partial charge in [-0.05, 0) is 31.4 Å². The fourth-order valence-corrected chi connectivity index (χ4v) is 3.01. The first-order valence-corrected chi connectivity index (χ1v) is 9.44. The van der Waals surface area contributed by atoms with Gasteiger partial charge < -0.3 is 15.8 Å². The van der Waals surface area contributed by atoms with E-state index < -0.39 is 23.3 Å². The summed E-state index contributed by atoms with van der Waals surface area (Å²) in [5.74, 6) is -1.56. The Morgan fingerprint density at radius 3 is 2.00 bits per heavy atom. The molecule has 6 nitrogen and oxygen atoms in total. The van der Waals surface area contributed by atoms with Crippen molar-refractivity contribution in [3.8, 4) is 0 Å². The van der Waals surface area contributed by atoms with Crippen LogP contribution in [0.1, 0.15) is 31.4 Å². The number of hydrogen-bond acceptors (Lipinski definition) is 4. The second-order valence-corrected chi connectivity index (χ2v) is 6.68. The van der Waals surface area contributed by atoms with Crippen molar-refractivity contribution in [2.45, 2.75) is 31.7 Å². The highest BCUT2D eigenvalue weighted by atomic mass is 16.5. The first kappa shape index (κ1) is 21.9. The monoisotopic (exact) mass is 394 g/mol. The van der Waals surface area contributed by atoms with Gasteiger partial charge in [-0.3, -0.25) is 9.59 Å². The Kier molecular flexibility index (Phi) is 7.71. The average molecular weight is 394 g/mol. The first-order chi connectivity index (χ1) is 13.9. The predicted octanol–water partition coefficient (Wildman–Crippen LogP) is 2.47. The molecule has 0 spiro atoms. The summed E-state index contributed by atoms with van der Waals surface area (Å²) in [7, 11) is 0. The fourth-order valence-electron chi connectivity index (χ4n) is 3.01. The molecule has 2 aromatic rings. The van der Waals surface area contributed by atoms with Gasteiger partial charge in [0.15, 0.2) is 0 Å². The predicted molar refractivity (Wildman–Crippen MR) is 111 cm³/mol. The highest BCUT2D eigenvalue weighted by Gasteiger charge is 2.38. The minimum Gasteiger partial charge on any atom is -0.463 e. The fraction of sp³-hybridized carbons (Fsp3) is 0.261. The number of hydrogen-bond donors (Lipinski definition) is 2. The number of benzene rings is 2. The van der Waals surface area contributed by atoms with E-state index in [1.54, 1.807) is 13.8 Å². The lowest BCUT2D eigenvalue weighted by Gasteiger charge is -2.31. The summed E-state index contributed by atoms with van der Waals surface area (Å²) in [6.07, 6.45) is 2.77. The molecule has 0 unspecified atom stereocenters. The lowest BCUT2D eigenvalue weighted by atomic mass is 9.75. The number of ether oxygens (including phenoxy) is 1. The van der Waals surface area contributed by atoms with Crippen LogP contribution in [0, 0.1) is 0 Å². The third-order valence-electron chi connectivity index (χ3n) is 4.72. The van der Waals surface area contributed by atoms with Crippen molar-refractivity contribution in [2.75, 3.05) is 6.61 Å². The van der Waals surface area contributed by atoms with Crippen molar-refractivity contribution in [1.82, 2.24) is 5.32 Å². The summed E-state index contributed by atoms with van der Waals surface area (Å²) >= 11 is 0. The Balaban J connectivity index is 2.28. The number of rotatable bonds is 9. The maximum Gasteiger partial charge on any atom is 0.330 e.